The Morgan fingerprint density at radius 3 is 2.88 bits per heavy atom. The van der Waals surface area contributed by atoms with Crippen LogP contribution in [0.3, 0.4) is 0 Å². The summed E-state index contributed by atoms with van der Waals surface area (Å²) in [6.07, 6.45) is 0. The van der Waals surface area contributed by atoms with Crippen molar-refractivity contribution in [3.63, 3.8) is 0 Å². The van der Waals surface area contributed by atoms with Gasteiger partial charge in [-0.2, -0.15) is 0 Å². The Balaban J connectivity index is 1.95. The molecular weight excluding hydrogens is 232 g/mol. The molecule has 1 fully saturated rings. The highest BCUT2D eigenvalue weighted by molar-refractivity contribution is 8.00. The molecule has 1 amide bonds. The lowest BCUT2D eigenvalue weighted by molar-refractivity contribution is -0.133. The Morgan fingerprint density at radius 2 is 2.25 bits per heavy atom. The largest absolute Gasteiger partial charge is 0.481 e. The van der Waals surface area contributed by atoms with Gasteiger partial charge in [-0.15, -0.1) is 11.8 Å². The fourth-order valence-electron chi connectivity index (χ4n) is 1.26. The third-order valence-corrected chi connectivity index (χ3v) is 2.95. The van der Waals surface area contributed by atoms with Gasteiger partial charge < -0.3 is 15.2 Å². The molecule has 0 aromatic heterocycles. The van der Waals surface area contributed by atoms with E-state index in [1.165, 1.54) is 0 Å². The van der Waals surface area contributed by atoms with Crippen LogP contribution < -0.4 is 5.32 Å². The summed E-state index contributed by atoms with van der Waals surface area (Å²) >= 11 is 1.10. The quantitative estimate of drug-likeness (QED) is 0.615. The molecule has 0 saturated carbocycles. The third-order valence-electron chi connectivity index (χ3n) is 2.03. The SMILES string of the molecule is O=C(O)CSCC(=O)NCCN1CCOC1. The molecule has 6 nitrogen and oxygen atoms in total. The summed E-state index contributed by atoms with van der Waals surface area (Å²) in [5, 5.41) is 11.1. The average Bonchev–Trinajstić information content (AvgIpc) is 2.70. The minimum absolute atomic E-state index is 0.0343. The second-order valence-corrected chi connectivity index (χ2v) is 4.38. The van der Waals surface area contributed by atoms with Crippen LogP contribution in [0.2, 0.25) is 0 Å². The summed E-state index contributed by atoms with van der Waals surface area (Å²) < 4.78 is 5.15. The lowest BCUT2D eigenvalue weighted by Gasteiger charge is -2.12. The lowest BCUT2D eigenvalue weighted by Crippen LogP contribution is -2.34. The molecule has 0 aliphatic carbocycles. The molecule has 16 heavy (non-hydrogen) atoms. The number of ether oxygens (including phenoxy) is 1. The second-order valence-electron chi connectivity index (χ2n) is 3.39. The highest BCUT2D eigenvalue weighted by Gasteiger charge is 2.11. The minimum Gasteiger partial charge on any atom is -0.481 e. The van der Waals surface area contributed by atoms with Crippen LogP contribution in [0.4, 0.5) is 0 Å². The Labute approximate surface area is 98.3 Å². The molecule has 0 atom stereocenters. The van der Waals surface area contributed by atoms with E-state index in [0.717, 1.165) is 31.5 Å². The first-order valence-corrected chi connectivity index (χ1v) is 6.20. The molecule has 1 aliphatic rings. The van der Waals surface area contributed by atoms with Gasteiger partial charge in [0, 0.05) is 19.6 Å². The van der Waals surface area contributed by atoms with Crippen LogP contribution in [0.5, 0.6) is 0 Å². The Morgan fingerprint density at radius 1 is 1.44 bits per heavy atom. The number of hydrogen-bond donors (Lipinski definition) is 2. The van der Waals surface area contributed by atoms with Crippen LogP contribution in [0.15, 0.2) is 0 Å². The number of aliphatic carboxylic acids is 1. The van der Waals surface area contributed by atoms with Crippen molar-refractivity contribution in [2.75, 3.05) is 44.5 Å². The van der Waals surface area contributed by atoms with Crippen LogP contribution in [0.25, 0.3) is 0 Å². The van der Waals surface area contributed by atoms with E-state index in [1.807, 2.05) is 0 Å². The number of thioether (sulfide) groups is 1. The number of carbonyl (C=O) groups is 2. The Hall–Kier alpha value is -0.790. The van der Waals surface area contributed by atoms with E-state index in [9.17, 15) is 9.59 Å². The van der Waals surface area contributed by atoms with Crippen molar-refractivity contribution < 1.29 is 19.4 Å². The van der Waals surface area contributed by atoms with E-state index in [1.54, 1.807) is 0 Å². The number of nitrogens with one attached hydrogen (secondary N) is 1. The molecule has 1 aliphatic heterocycles. The minimum atomic E-state index is -0.896. The zero-order valence-electron chi connectivity index (χ0n) is 8.98. The van der Waals surface area contributed by atoms with Crippen LogP contribution in [0, 0.1) is 0 Å². The number of carboxylic acids is 1. The molecular formula is C9H16N2O4S. The predicted octanol–water partition coefficient (Wildman–Crippen LogP) is -0.790. The maximum Gasteiger partial charge on any atom is 0.313 e. The first-order valence-electron chi connectivity index (χ1n) is 5.05. The smallest absolute Gasteiger partial charge is 0.313 e. The van der Waals surface area contributed by atoms with E-state index in [4.69, 9.17) is 9.84 Å². The van der Waals surface area contributed by atoms with Gasteiger partial charge in [-0.1, -0.05) is 0 Å². The predicted molar refractivity (Wildman–Crippen MR) is 60.4 cm³/mol. The van der Waals surface area contributed by atoms with Crippen LogP contribution in [-0.4, -0.2) is 66.4 Å². The number of amides is 1. The topological polar surface area (TPSA) is 78.9 Å². The Bertz CT molecular complexity index is 244. The standard InChI is InChI=1S/C9H16N2O4S/c12-8(5-16-6-9(13)14)10-1-2-11-3-4-15-7-11/h1-7H2,(H,10,12)(H,13,14). The van der Waals surface area contributed by atoms with Gasteiger partial charge in [0.1, 0.15) is 0 Å². The van der Waals surface area contributed by atoms with Crippen LogP contribution in [0.1, 0.15) is 0 Å². The van der Waals surface area contributed by atoms with Crippen molar-refractivity contribution in [2.45, 2.75) is 0 Å². The Kier molecular flexibility index (Phi) is 6.20. The molecule has 0 aromatic carbocycles. The normalized spacial score (nSPS) is 16.2. The molecule has 92 valence electrons. The first-order chi connectivity index (χ1) is 7.68. The van der Waals surface area contributed by atoms with E-state index in [0.29, 0.717) is 13.3 Å². The number of hydrogen-bond acceptors (Lipinski definition) is 5. The van der Waals surface area contributed by atoms with Gasteiger partial charge in [-0.05, 0) is 0 Å². The molecule has 0 unspecified atom stereocenters. The molecule has 2 N–H and O–H groups in total. The van der Waals surface area contributed by atoms with Crippen molar-refractivity contribution >= 4 is 23.6 Å². The molecule has 1 saturated heterocycles. The van der Waals surface area contributed by atoms with E-state index in [2.05, 4.69) is 10.2 Å². The number of rotatable bonds is 7. The van der Waals surface area contributed by atoms with Gasteiger partial charge in [-0.25, -0.2) is 0 Å². The summed E-state index contributed by atoms with van der Waals surface area (Å²) in [6, 6.07) is 0. The monoisotopic (exact) mass is 248 g/mol. The lowest BCUT2D eigenvalue weighted by atomic mass is 10.5. The zero-order valence-corrected chi connectivity index (χ0v) is 9.79. The number of carboxylic acid groups (broad SMARTS) is 1. The maximum atomic E-state index is 11.2. The number of nitrogens with zero attached hydrogens (tertiary/aromatic N) is 1. The molecule has 1 rings (SSSR count). The van der Waals surface area contributed by atoms with Crippen molar-refractivity contribution in [2.24, 2.45) is 0 Å². The highest BCUT2D eigenvalue weighted by atomic mass is 32.2. The molecule has 0 spiro atoms. The van der Waals surface area contributed by atoms with Crippen molar-refractivity contribution in [3.8, 4) is 0 Å². The van der Waals surface area contributed by atoms with Crippen molar-refractivity contribution in [3.05, 3.63) is 0 Å². The maximum absolute atomic E-state index is 11.2. The highest BCUT2D eigenvalue weighted by Crippen LogP contribution is 1.99. The van der Waals surface area contributed by atoms with E-state index < -0.39 is 5.97 Å². The summed E-state index contributed by atoms with van der Waals surface area (Å²) in [5.74, 6) is -0.853. The van der Waals surface area contributed by atoms with Crippen molar-refractivity contribution in [1.82, 2.24) is 10.2 Å². The first kappa shape index (κ1) is 13.3. The third kappa shape index (κ3) is 5.94. The molecule has 0 radical (unpaired) electrons. The fourth-order valence-corrected chi connectivity index (χ4v) is 1.83. The second kappa shape index (κ2) is 7.48. The molecule has 1 heterocycles. The number of carbonyl (C=O) groups excluding carboxylic acids is 1. The van der Waals surface area contributed by atoms with Crippen LogP contribution in [-0.2, 0) is 14.3 Å². The molecule has 7 heteroatoms. The van der Waals surface area contributed by atoms with Gasteiger partial charge in [-0.3, -0.25) is 14.5 Å². The summed E-state index contributed by atoms with van der Waals surface area (Å²) in [5.41, 5.74) is 0. The van der Waals surface area contributed by atoms with Crippen LogP contribution >= 0.6 is 11.8 Å². The zero-order chi connectivity index (χ0) is 11.8. The van der Waals surface area contributed by atoms with E-state index in [-0.39, 0.29) is 17.4 Å². The molecule has 0 aromatic rings. The summed E-state index contributed by atoms with van der Waals surface area (Å²) in [7, 11) is 0. The van der Waals surface area contributed by atoms with Gasteiger partial charge in [0.25, 0.3) is 0 Å². The van der Waals surface area contributed by atoms with Gasteiger partial charge in [0.15, 0.2) is 0 Å². The van der Waals surface area contributed by atoms with Gasteiger partial charge in [0.2, 0.25) is 5.91 Å². The summed E-state index contributed by atoms with van der Waals surface area (Å²) in [6.45, 7) is 3.64. The fraction of sp³-hybridized carbons (Fsp3) is 0.778. The van der Waals surface area contributed by atoms with Crippen molar-refractivity contribution in [1.29, 1.82) is 0 Å². The van der Waals surface area contributed by atoms with Gasteiger partial charge in [0.05, 0.1) is 24.8 Å². The summed E-state index contributed by atoms with van der Waals surface area (Å²) in [4.78, 5) is 23.5. The van der Waals surface area contributed by atoms with Gasteiger partial charge >= 0.3 is 5.97 Å². The van der Waals surface area contributed by atoms with E-state index >= 15 is 0 Å². The average molecular weight is 248 g/mol. The molecule has 0 bridgehead atoms.